The summed E-state index contributed by atoms with van der Waals surface area (Å²) in [5.74, 6) is 0. The van der Waals surface area contributed by atoms with E-state index in [1.807, 2.05) is 11.3 Å². The highest BCUT2D eigenvalue weighted by Gasteiger charge is 2.17. The van der Waals surface area contributed by atoms with Gasteiger partial charge in [-0.3, -0.25) is 4.90 Å². The number of hydrogen-bond acceptors (Lipinski definition) is 3. The Kier molecular flexibility index (Phi) is 5.29. The van der Waals surface area contributed by atoms with Crippen LogP contribution in [0.25, 0.3) is 0 Å². The summed E-state index contributed by atoms with van der Waals surface area (Å²) in [6.07, 6.45) is 1.13. The number of nitrogens with two attached hydrogens (primary N) is 1. The maximum absolute atomic E-state index is 5.87. The van der Waals surface area contributed by atoms with Gasteiger partial charge in [0.25, 0.3) is 0 Å². The molecule has 1 aromatic heterocycles. The molecular weight excluding hydrogens is 204 g/mol. The molecule has 1 atom stereocenters. The van der Waals surface area contributed by atoms with E-state index in [1.54, 1.807) is 0 Å². The molecule has 3 heteroatoms. The summed E-state index contributed by atoms with van der Waals surface area (Å²) in [6, 6.07) is 4.87. The van der Waals surface area contributed by atoms with Gasteiger partial charge in [0.15, 0.2) is 0 Å². The Hall–Kier alpha value is -0.380. The summed E-state index contributed by atoms with van der Waals surface area (Å²) in [6.45, 7) is 9.44. The molecule has 0 bridgehead atoms. The van der Waals surface area contributed by atoms with Crippen LogP contribution in [0.1, 0.15) is 36.6 Å². The SMILES string of the molecule is CCc1ccc(C(CN)N(CC)CC)s1. The van der Waals surface area contributed by atoms with E-state index in [0.717, 1.165) is 19.5 Å². The molecule has 86 valence electrons. The number of aryl methyl sites for hydroxylation is 1. The summed E-state index contributed by atoms with van der Waals surface area (Å²) >= 11 is 1.90. The third kappa shape index (κ3) is 3.03. The fourth-order valence-corrected chi connectivity index (χ4v) is 2.97. The molecule has 15 heavy (non-hydrogen) atoms. The first kappa shape index (κ1) is 12.7. The second-order valence-electron chi connectivity index (χ2n) is 3.63. The van der Waals surface area contributed by atoms with Crippen molar-refractivity contribution < 1.29 is 0 Å². The second kappa shape index (κ2) is 6.26. The number of nitrogens with zero attached hydrogens (tertiary/aromatic N) is 1. The highest BCUT2D eigenvalue weighted by atomic mass is 32.1. The molecule has 2 N–H and O–H groups in total. The summed E-state index contributed by atoms with van der Waals surface area (Å²) in [5, 5.41) is 0. The van der Waals surface area contributed by atoms with E-state index in [2.05, 4.69) is 37.8 Å². The Labute approximate surface area is 97.1 Å². The normalized spacial score (nSPS) is 13.4. The summed E-state index contributed by atoms with van der Waals surface area (Å²) in [7, 11) is 0. The molecule has 1 unspecified atom stereocenters. The summed E-state index contributed by atoms with van der Waals surface area (Å²) < 4.78 is 0. The van der Waals surface area contributed by atoms with Gasteiger partial charge in [0.05, 0.1) is 6.04 Å². The average Bonchev–Trinajstić information content (AvgIpc) is 2.73. The molecule has 0 saturated heterocycles. The van der Waals surface area contributed by atoms with Gasteiger partial charge in [-0.25, -0.2) is 0 Å². The van der Waals surface area contributed by atoms with Crippen molar-refractivity contribution in [3.63, 3.8) is 0 Å². The predicted molar refractivity (Wildman–Crippen MR) is 68.4 cm³/mol. The second-order valence-corrected chi connectivity index (χ2v) is 4.83. The molecule has 0 aliphatic heterocycles. The maximum Gasteiger partial charge on any atom is 0.0564 e. The van der Waals surface area contributed by atoms with Crippen molar-refractivity contribution in [1.29, 1.82) is 0 Å². The molecule has 0 fully saturated rings. The molecule has 0 aromatic carbocycles. The maximum atomic E-state index is 5.87. The van der Waals surface area contributed by atoms with Crippen LogP contribution >= 0.6 is 11.3 Å². The van der Waals surface area contributed by atoms with Gasteiger partial charge < -0.3 is 5.73 Å². The van der Waals surface area contributed by atoms with E-state index in [4.69, 9.17) is 5.73 Å². The topological polar surface area (TPSA) is 29.3 Å². The molecule has 1 aromatic rings. The van der Waals surface area contributed by atoms with Crippen LogP contribution in [0.2, 0.25) is 0 Å². The number of thiophene rings is 1. The minimum Gasteiger partial charge on any atom is -0.329 e. The summed E-state index contributed by atoms with van der Waals surface area (Å²) in [4.78, 5) is 5.29. The van der Waals surface area contributed by atoms with Crippen LogP contribution in [-0.4, -0.2) is 24.5 Å². The molecule has 2 nitrogen and oxygen atoms in total. The Morgan fingerprint density at radius 2 is 1.93 bits per heavy atom. The molecule has 1 rings (SSSR count). The zero-order valence-corrected chi connectivity index (χ0v) is 10.8. The molecule has 0 radical (unpaired) electrons. The predicted octanol–water partition coefficient (Wildman–Crippen LogP) is 2.65. The molecular formula is C12H22N2S. The minimum absolute atomic E-state index is 0.408. The molecule has 1 heterocycles. The third-order valence-electron chi connectivity index (χ3n) is 2.84. The fourth-order valence-electron chi connectivity index (χ4n) is 1.87. The van der Waals surface area contributed by atoms with Gasteiger partial charge in [-0.15, -0.1) is 11.3 Å². The van der Waals surface area contributed by atoms with E-state index in [9.17, 15) is 0 Å². The first-order chi connectivity index (χ1) is 7.26. The van der Waals surface area contributed by atoms with Gasteiger partial charge in [0, 0.05) is 16.3 Å². The largest absolute Gasteiger partial charge is 0.329 e. The van der Waals surface area contributed by atoms with Gasteiger partial charge in [0.1, 0.15) is 0 Å². The number of hydrogen-bond donors (Lipinski definition) is 1. The fraction of sp³-hybridized carbons (Fsp3) is 0.667. The minimum atomic E-state index is 0.408. The Morgan fingerprint density at radius 3 is 2.33 bits per heavy atom. The Balaban J connectivity index is 2.81. The van der Waals surface area contributed by atoms with Crippen molar-refractivity contribution in [1.82, 2.24) is 4.90 Å². The van der Waals surface area contributed by atoms with Gasteiger partial charge in [-0.2, -0.15) is 0 Å². The number of likely N-dealkylation sites (N-methyl/N-ethyl adjacent to an activating group) is 1. The highest BCUT2D eigenvalue weighted by molar-refractivity contribution is 7.12. The molecule has 0 aliphatic carbocycles. The van der Waals surface area contributed by atoms with Crippen LogP contribution in [0.5, 0.6) is 0 Å². The Bertz CT molecular complexity index is 279. The van der Waals surface area contributed by atoms with Crippen molar-refractivity contribution in [2.45, 2.75) is 33.2 Å². The zero-order chi connectivity index (χ0) is 11.3. The van der Waals surface area contributed by atoms with Gasteiger partial charge in [0.2, 0.25) is 0 Å². The highest BCUT2D eigenvalue weighted by Crippen LogP contribution is 2.27. The van der Waals surface area contributed by atoms with E-state index < -0.39 is 0 Å². The van der Waals surface area contributed by atoms with E-state index in [0.29, 0.717) is 12.6 Å². The number of rotatable bonds is 6. The van der Waals surface area contributed by atoms with Crippen molar-refractivity contribution >= 4 is 11.3 Å². The van der Waals surface area contributed by atoms with E-state index in [-0.39, 0.29) is 0 Å². The summed E-state index contributed by atoms with van der Waals surface area (Å²) in [5.41, 5.74) is 5.87. The van der Waals surface area contributed by atoms with Crippen LogP contribution in [0.4, 0.5) is 0 Å². The average molecular weight is 226 g/mol. The lowest BCUT2D eigenvalue weighted by molar-refractivity contribution is 0.227. The van der Waals surface area contributed by atoms with Crippen LogP contribution in [-0.2, 0) is 6.42 Å². The van der Waals surface area contributed by atoms with E-state index >= 15 is 0 Å². The van der Waals surface area contributed by atoms with Crippen molar-refractivity contribution in [2.24, 2.45) is 5.73 Å². The quantitative estimate of drug-likeness (QED) is 0.808. The Morgan fingerprint density at radius 1 is 1.27 bits per heavy atom. The van der Waals surface area contributed by atoms with Crippen molar-refractivity contribution in [3.05, 3.63) is 21.9 Å². The standard InChI is InChI=1S/C12H22N2S/c1-4-10-7-8-12(15-10)11(9-13)14(5-2)6-3/h7-8,11H,4-6,9,13H2,1-3H3. The van der Waals surface area contributed by atoms with Gasteiger partial charge in [-0.1, -0.05) is 20.8 Å². The molecule has 0 amide bonds. The van der Waals surface area contributed by atoms with Crippen molar-refractivity contribution in [3.8, 4) is 0 Å². The van der Waals surface area contributed by atoms with Crippen molar-refractivity contribution in [2.75, 3.05) is 19.6 Å². The van der Waals surface area contributed by atoms with Crippen LogP contribution in [0.3, 0.4) is 0 Å². The smallest absolute Gasteiger partial charge is 0.0564 e. The molecule has 0 spiro atoms. The monoisotopic (exact) mass is 226 g/mol. The van der Waals surface area contributed by atoms with Crippen LogP contribution in [0.15, 0.2) is 12.1 Å². The lowest BCUT2D eigenvalue weighted by atomic mass is 10.2. The lowest BCUT2D eigenvalue weighted by Gasteiger charge is -2.27. The van der Waals surface area contributed by atoms with Crippen LogP contribution in [0, 0.1) is 0 Å². The first-order valence-electron chi connectivity index (χ1n) is 5.79. The molecule has 0 saturated carbocycles. The van der Waals surface area contributed by atoms with Crippen LogP contribution < -0.4 is 5.73 Å². The van der Waals surface area contributed by atoms with E-state index in [1.165, 1.54) is 9.75 Å². The first-order valence-corrected chi connectivity index (χ1v) is 6.61. The van der Waals surface area contributed by atoms with Gasteiger partial charge in [-0.05, 0) is 31.6 Å². The molecule has 0 aliphatic rings. The zero-order valence-electron chi connectivity index (χ0n) is 9.99. The third-order valence-corrected chi connectivity index (χ3v) is 4.17. The lowest BCUT2D eigenvalue weighted by Crippen LogP contribution is -2.32. The van der Waals surface area contributed by atoms with Gasteiger partial charge >= 0.3 is 0 Å².